The van der Waals surface area contributed by atoms with E-state index in [9.17, 15) is 0 Å². The van der Waals surface area contributed by atoms with E-state index in [-0.39, 0.29) is 0 Å². The summed E-state index contributed by atoms with van der Waals surface area (Å²) < 4.78 is 1.87. The first kappa shape index (κ1) is 16.5. The molecule has 4 aromatic rings. The summed E-state index contributed by atoms with van der Waals surface area (Å²) in [5, 5.41) is 13.7. The van der Waals surface area contributed by atoms with Gasteiger partial charge >= 0.3 is 0 Å². The van der Waals surface area contributed by atoms with Crippen molar-refractivity contribution in [3.05, 3.63) is 47.5 Å². The van der Waals surface area contributed by atoms with Gasteiger partial charge in [0.05, 0.1) is 5.52 Å². The van der Waals surface area contributed by atoms with Gasteiger partial charge in [0.15, 0.2) is 5.65 Å². The second-order valence-electron chi connectivity index (χ2n) is 7.79. The highest BCUT2D eigenvalue weighted by Crippen LogP contribution is 2.37. The van der Waals surface area contributed by atoms with Gasteiger partial charge in [0.1, 0.15) is 6.33 Å². The van der Waals surface area contributed by atoms with Crippen LogP contribution in [0.4, 0.5) is 0 Å². The van der Waals surface area contributed by atoms with E-state index >= 15 is 0 Å². The number of nitrogens with zero attached hydrogens (tertiary/aromatic N) is 4. The quantitative estimate of drug-likeness (QED) is 0.547. The minimum Gasteiger partial charge on any atom is -0.281 e. The van der Waals surface area contributed by atoms with E-state index < -0.39 is 0 Å². The molecule has 0 amide bonds. The van der Waals surface area contributed by atoms with Crippen molar-refractivity contribution in [3.8, 4) is 11.1 Å². The SMILES string of the molecule is CCc1cc2c(C3CCCCC3)[nH]nc2cc1-c1cc(C)c2ncnn2c1. The van der Waals surface area contributed by atoms with E-state index in [1.165, 1.54) is 59.9 Å². The van der Waals surface area contributed by atoms with E-state index in [2.05, 4.69) is 58.5 Å². The average molecular weight is 359 g/mol. The van der Waals surface area contributed by atoms with Crippen molar-refractivity contribution >= 4 is 16.6 Å². The Bertz CT molecular complexity index is 1110. The Labute approximate surface area is 158 Å². The molecule has 0 spiro atoms. The molecule has 1 aliphatic rings. The smallest absolute Gasteiger partial charge is 0.158 e. The van der Waals surface area contributed by atoms with E-state index in [1.807, 2.05) is 4.52 Å². The lowest BCUT2D eigenvalue weighted by molar-refractivity contribution is 0.438. The Hall–Kier alpha value is -2.69. The molecule has 5 rings (SSSR count). The predicted octanol–water partition coefficient (Wildman–Crippen LogP) is 5.19. The zero-order chi connectivity index (χ0) is 18.4. The standard InChI is InChI=1S/C22H25N5/c1-3-15-10-19-20(25-26-21(19)16-7-5-4-6-8-16)11-18(15)17-9-14(2)22-23-13-24-27(22)12-17/h9-13,16H,3-8H2,1-2H3,(H,25,26). The monoisotopic (exact) mass is 359 g/mol. The predicted molar refractivity (Wildman–Crippen MR) is 108 cm³/mol. The van der Waals surface area contributed by atoms with Crippen molar-refractivity contribution in [2.45, 2.75) is 58.3 Å². The molecule has 0 atom stereocenters. The number of H-pyrrole nitrogens is 1. The summed E-state index contributed by atoms with van der Waals surface area (Å²) in [6.07, 6.45) is 11.3. The maximum Gasteiger partial charge on any atom is 0.158 e. The van der Waals surface area contributed by atoms with Crippen LogP contribution in [-0.2, 0) is 6.42 Å². The van der Waals surface area contributed by atoms with Gasteiger partial charge in [-0.1, -0.05) is 26.2 Å². The molecule has 1 aromatic carbocycles. The van der Waals surface area contributed by atoms with Crippen LogP contribution in [0.1, 0.15) is 61.8 Å². The van der Waals surface area contributed by atoms with Crippen molar-refractivity contribution in [2.75, 3.05) is 0 Å². The molecule has 1 N–H and O–H groups in total. The normalized spacial score (nSPS) is 15.8. The van der Waals surface area contributed by atoms with Gasteiger partial charge in [0.2, 0.25) is 0 Å². The highest BCUT2D eigenvalue weighted by Gasteiger charge is 2.21. The molecular formula is C22H25N5. The summed E-state index contributed by atoms with van der Waals surface area (Å²) in [5.74, 6) is 0.632. The molecule has 5 heteroatoms. The molecule has 0 aliphatic heterocycles. The maximum atomic E-state index is 4.67. The van der Waals surface area contributed by atoms with Gasteiger partial charge in [0, 0.05) is 28.8 Å². The molecule has 27 heavy (non-hydrogen) atoms. The number of hydrogen-bond acceptors (Lipinski definition) is 3. The number of pyridine rings is 1. The van der Waals surface area contributed by atoms with Crippen LogP contribution in [-0.4, -0.2) is 24.8 Å². The molecule has 1 fully saturated rings. The van der Waals surface area contributed by atoms with Crippen molar-refractivity contribution in [2.24, 2.45) is 0 Å². The molecule has 1 aliphatic carbocycles. The Morgan fingerprint density at radius 3 is 2.81 bits per heavy atom. The molecule has 3 aromatic heterocycles. The summed E-state index contributed by atoms with van der Waals surface area (Å²) >= 11 is 0. The lowest BCUT2D eigenvalue weighted by atomic mass is 9.85. The van der Waals surface area contributed by atoms with Gasteiger partial charge in [-0.25, -0.2) is 9.50 Å². The first-order chi connectivity index (χ1) is 13.2. The second-order valence-corrected chi connectivity index (χ2v) is 7.79. The fourth-order valence-corrected chi connectivity index (χ4v) is 4.63. The van der Waals surface area contributed by atoms with Crippen LogP contribution in [0, 0.1) is 6.92 Å². The number of aromatic amines is 1. The molecule has 0 radical (unpaired) electrons. The summed E-state index contributed by atoms with van der Waals surface area (Å²) in [7, 11) is 0. The minimum atomic E-state index is 0.632. The maximum absolute atomic E-state index is 4.67. The summed E-state index contributed by atoms with van der Waals surface area (Å²) in [4.78, 5) is 4.34. The number of aryl methyl sites for hydroxylation is 2. The summed E-state index contributed by atoms with van der Waals surface area (Å²) in [6, 6.07) is 6.81. The lowest BCUT2D eigenvalue weighted by Gasteiger charge is -2.20. The Morgan fingerprint density at radius 2 is 2.00 bits per heavy atom. The van der Waals surface area contributed by atoms with Gasteiger partial charge in [0.25, 0.3) is 0 Å². The Kier molecular flexibility index (Phi) is 3.96. The molecule has 0 bridgehead atoms. The van der Waals surface area contributed by atoms with Crippen LogP contribution in [0.5, 0.6) is 0 Å². The van der Waals surface area contributed by atoms with E-state index in [0.29, 0.717) is 5.92 Å². The van der Waals surface area contributed by atoms with Gasteiger partial charge < -0.3 is 0 Å². The molecule has 138 valence electrons. The highest BCUT2D eigenvalue weighted by molar-refractivity contribution is 5.88. The van der Waals surface area contributed by atoms with E-state index in [1.54, 1.807) is 6.33 Å². The minimum absolute atomic E-state index is 0.632. The zero-order valence-corrected chi connectivity index (χ0v) is 16.0. The van der Waals surface area contributed by atoms with Crippen LogP contribution in [0.2, 0.25) is 0 Å². The molecule has 0 saturated heterocycles. The van der Waals surface area contributed by atoms with E-state index in [0.717, 1.165) is 23.1 Å². The largest absolute Gasteiger partial charge is 0.281 e. The Balaban J connectivity index is 1.66. The number of hydrogen-bond donors (Lipinski definition) is 1. The van der Waals surface area contributed by atoms with Crippen molar-refractivity contribution in [1.82, 2.24) is 24.8 Å². The van der Waals surface area contributed by atoms with Crippen LogP contribution in [0.3, 0.4) is 0 Å². The molecule has 0 unspecified atom stereocenters. The van der Waals surface area contributed by atoms with Gasteiger partial charge in [-0.05, 0) is 61.1 Å². The topological polar surface area (TPSA) is 58.9 Å². The number of benzene rings is 1. The first-order valence-electron chi connectivity index (χ1n) is 10.1. The van der Waals surface area contributed by atoms with Crippen molar-refractivity contribution in [3.63, 3.8) is 0 Å². The molecular weight excluding hydrogens is 334 g/mol. The third kappa shape index (κ3) is 2.73. The summed E-state index contributed by atoms with van der Waals surface area (Å²) in [6.45, 7) is 4.32. The molecule has 1 saturated carbocycles. The van der Waals surface area contributed by atoms with E-state index in [4.69, 9.17) is 0 Å². The van der Waals surface area contributed by atoms with Crippen LogP contribution in [0.15, 0.2) is 30.7 Å². The third-order valence-electron chi connectivity index (χ3n) is 6.07. The van der Waals surface area contributed by atoms with Crippen LogP contribution in [0.25, 0.3) is 27.7 Å². The van der Waals surface area contributed by atoms with Gasteiger partial charge in [-0.3, -0.25) is 5.10 Å². The lowest BCUT2D eigenvalue weighted by Crippen LogP contribution is -2.05. The summed E-state index contributed by atoms with van der Waals surface area (Å²) in [5.41, 5.74) is 8.24. The Morgan fingerprint density at radius 1 is 1.15 bits per heavy atom. The number of rotatable bonds is 3. The second kappa shape index (κ2) is 6.48. The first-order valence-corrected chi connectivity index (χ1v) is 10.1. The number of fused-ring (bicyclic) bond motifs is 2. The fourth-order valence-electron chi connectivity index (χ4n) is 4.63. The fraction of sp³-hybridized carbons (Fsp3) is 0.409. The van der Waals surface area contributed by atoms with Crippen molar-refractivity contribution < 1.29 is 0 Å². The number of aromatic nitrogens is 5. The highest BCUT2D eigenvalue weighted by atomic mass is 15.3. The molecule has 5 nitrogen and oxygen atoms in total. The third-order valence-corrected chi connectivity index (χ3v) is 6.07. The molecule has 3 heterocycles. The average Bonchev–Trinajstić information content (AvgIpc) is 3.34. The van der Waals surface area contributed by atoms with Gasteiger partial charge in [-0.2, -0.15) is 10.2 Å². The number of nitrogens with one attached hydrogen (secondary N) is 1. The zero-order valence-electron chi connectivity index (χ0n) is 16.0. The van der Waals surface area contributed by atoms with Crippen molar-refractivity contribution in [1.29, 1.82) is 0 Å². The van der Waals surface area contributed by atoms with Crippen LogP contribution >= 0.6 is 0 Å². The van der Waals surface area contributed by atoms with Crippen LogP contribution < -0.4 is 0 Å². The van der Waals surface area contributed by atoms with Gasteiger partial charge in [-0.15, -0.1) is 0 Å².